The third-order valence-corrected chi connectivity index (χ3v) is 4.26. The number of carbonyl (C=O) groups excluding carboxylic acids is 1. The lowest BCUT2D eigenvalue weighted by atomic mass is 9.78. The van der Waals surface area contributed by atoms with Gasteiger partial charge in [0.05, 0.1) is 17.8 Å². The maximum atomic E-state index is 12.8. The van der Waals surface area contributed by atoms with Crippen LogP contribution in [0.5, 0.6) is 0 Å². The average Bonchev–Trinajstić information content (AvgIpc) is 2.76. The number of ether oxygens (including phenoxy) is 1. The number of carbonyl (C=O) groups is 1. The van der Waals surface area contributed by atoms with E-state index in [-0.39, 0.29) is 11.7 Å². The lowest BCUT2D eigenvalue weighted by Gasteiger charge is -2.29. The highest BCUT2D eigenvalue weighted by molar-refractivity contribution is 5.91. The summed E-state index contributed by atoms with van der Waals surface area (Å²) in [6.45, 7) is 2.22. The van der Waals surface area contributed by atoms with Crippen LogP contribution >= 0.6 is 0 Å². The molecule has 22 heavy (non-hydrogen) atoms. The van der Waals surface area contributed by atoms with Crippen LogP contribution in [0.2, 0.25) is 0 Å². The number of fused-ring (bicyclic) bond motifs is 1. The van der Waals surface area contributed by atoms with Gasteiger partial charge < -0.3 is 4.74 Å². The number of hydrogen-bond acceptors (Lipinski definition) is 2. The third kappa shape index (κ3) is 2.73. The summed E-state index contributed by atoms with van der Waals surface area (Å²) in [5.74, 6) is -0.0949. The summed E-state index contributed by atoms with van der Waals surface area (Å²) in [5.41, 5.74) is 0.115. The molecule has 1 aliphatic heterocycles. The normalized spacial score (nSPS) is 29.9. The van der Waals surface area contributed by atoms with E-state index in [9.17, 15) is 18.0 Å². The molecule has 0 spiro atoms. The minimum Gasteiger partial charge on any atom is -0.366 e. The summed E-state index contributed by atoms with van der Waals surface area (Å²) in [7, 11) is 0. The van der Waals surface area contributed by atoms with Crippen LogP contribution in [-0.4, -0.2) is 18.0 Å². The number of halogens is 3. The second-order valence-electron chi connectivity index (χ2n) is 5.87. The summed E-state index contributed by atoms with van der Waals surface area (Å²) >= 11 is 0. The fourth-order valence-electron chi connectivity index (χ4n) is 2.99. The number of hydrogen-bond donors (Lipinski definition) is 0. The zero-order valence-corrected chi connectivity index (χ0v) is 12.0. The van der Waals surface area contributed by atoms with Crippen molar-refractivity contribution in [1.82, 2.24) is 0 Å². The number of allylic oxidation sites excluding steroid dienone is 1. The molecular weight excluding hydrogens is 293 g/mol. The first-order valence-electron chi connectivity index (χ1n) is 7.02. The fraction of sp³-hybridized carbons (Fsp3) is 0.353. The average molecular weight is 308 g/mol. The third-order valence-electron chi connectivity index (χ3n) is 4.26. The van der Waals surface area contributed by atoms with E-state index in [0.717, 1.165) is 17.7 Å². The van der Waals surface area contributed by atoms with Gasteiger partial charge in [0.2, 0.25) is 0 Å². The molecule has 0 N–H and O–H groups in total. The van der Waals surface area contributed by atoms with E-state index >= 15 is 0 Å². The molecule has 1 aromatic carbocycles. The Balaban J connectivity index is 1.93. The maximum absolute atomic E-state index is 12.8. The molecule has 2 aliphatic rings. The van der Waals surface area contributed by atoms with Crippen LogP contribution in [0, 0.1) is 5.92 Å². The van der Waals surface area contributed by atoms with Gasteiger partial charge in [-0.3, -0.25) is 4.79 Å². The van der Waals surface area contributed by atoms with Crippen LogP contribution in [0.1, 0.15) is 24.5 Å². The van der Waals surface area contributed by atoms with E-state index in [1.807, 2.05) is 6.92 Å². The van der Waals surface area contributed by atoms with Crippen molar-refractivity contribution in [2.45, 2.75) is 25.1 Å². The molecule has 5 heteroatoms. The van der Waals surface area contributed by atoms with E-state index in [2.05, 4.69) is 0 Å². The molecule has 1 fully saturated rings. The Bertz CT molecular complexity index is 673. The summed E-state index contributed by atoms with van der Waals surface area (Å²) < 4.78 is 44.0. The van der Waals surface area contributed by atoms with Crippen LogP contribution in [0.4, 0.5) is 13.2 Å². The SMILES string of the molecule is C[C@]12C=CC(=O)C[C@H]1/C(=C/c1cccc(C(F)(F)F)c1)CO2. The van der Waals surface area contributed by atoms with E-state index in [0.29, 0.717) is 18.6 Å². The van der Waals surface area contributed by atoms with Gasteiger partial charge in [0.1, 0.15) is 0 Å². The van der Waals surface area contributed by atoms with Crippen molar-refractivity contribution in [3.63, 3.8) is 0 Å². The van der Waals surface area contributed by atoms with E-state index < -0.39 is 17.3 Å². The van der Waals surface area contributed by atoms with Gasteiger partial charge >= 0.3 is 6.18 Å². The van der Waals surface area contributed by atoms with Crippen molar-refractivity contribution in [2.24, 2.45) is 5.92 Å². The lowest BCUT2D eigenvalue weighted by Crippen LogP contribution is -2.34. The molecule has 3 rings (SSSR count). The molecule has 0 aromatic heterocycles. The van der Waals surface area contributed by atoms with Crippen LogP contribution in [-0.2, 0) is 15.7 Å². The second-order valence-corrected chi connectivity index (χ2v) is 5.87. The van der Waals surface area contributed by atoms with Crippen LogP contribution in [0.25, 0.3) is 6.08 Å². The lowest BCUT2D eigenvalue weighted by molar-refractivity contribution is -0.137. The van der Waals surface area contributed by atoms with Crippen LogP contribution < -0.4 is 0 Å². The van der Waals surface area contributed by atoms with Crippen LogP contribution in [0.3, 0.4) is 0 Å². The van der Waals surface area contributed by atoms with E-state index in [1.165, 1.54) is 12.1 Å². The molecule has 1 saturated heterocycles. The van der Waals surface area contributed by atoms with Crippen molar-refractivity contribution in [3.8, 4) is 0 Å². The first-order chi connectivity index (χ1) is 10.3. The summed E-state index contributed by atoms with van der Waals surface area (Å²) in [6, 6.07) is 5.17. The van der Waals surface area contributed by atoms with Gasteiger partial charge in [0.25, 0.3) is 0 Å². The van der Waals surface area contributed by atoms with Crippen molar-refractivity contribution < 1.29 is 22.7 Å². The highest BCUT2D eigenvalue weighted by Gasteiger charge is 2.44. The molecule has 2 atom stereocenters. The van der Waals surface area contributed by atoms with Crippen molar-refractivity contribution in [3.05, 3.63) is 53.1 Å². The first-order valence-corrected chi connectivity index (χ1v) is 7.02. The summed E-state index contributed by atoms with van der Waals surface area (Å²) in [5, 5.41) is 0. The Labute approximate surface area is 126 Å². The zero-order valence-electron chi connectivity index (χ0n) is 12.0. The van der Waals surface area contributed by atoms with Crippen molar-refractivity contribution >= 4 is 11.9 Å². The Hall–Kier alpha value is -1.88. The molecule has 0 radical (unpaired) electrons. The second kappa shape index (κ2) is 5.09. The van der Waals surface area contributed by atoms with Crippen molar-refractivity contribution in [2.75, 3.05) is 6.61 Å². The van der Waals surface area contributed by atoms with Gasteiger partial charge in [-0.05, 0) is 42.3 Å². The van der Waals surface area contributed by atoms with Gasteiger partial charge in [-0.15, -0.1) is 0 Å². The summed E-state index contributed by atoms with van der Waals surface area (Å²) in [6.07, 6.45) is 0.939. The Morgan fingerprint density at radius 3 is 2.86 bits per heavy atom. The van der Waals surface area contributed by atoms with E-state index in [1.54, 1.807) is 18.2 Å². The molecular formula is C17H15F3O2. The minimum absolute atomic E-state index is 0.0166. The standard InChI is InChI=1S/C17H15F3O2/c1-16-6-5-14(21)9-15(16)12(10-22-16)7-11-3-2-4-13(8-11)17(18,19)20/h2-8,15H,9-10H2,1H3/b12-7+/t15-,16-/m0/s1. The largest absolute Gasteiger partial charge is 0.416 e. The molecule has 1 heterocycles. The van der Waals surface area contributed by atoms with E-state index in [4.69, 9.17) is 4.74 Å². The molecule has 0 bridgehead atoms. The maximum Gasteiger partial charge on any atom is 0.416 e. The predicted molar refractivity (Wildman–Crippen MR) is 76.0 cm³/mol. The fourth-order valence-corrected chi connectivity index (χ4v) is 2.99. The number of benzene rings is 1. The number of alkyl halides is 3. The molecule has 1 aliphatic carbocycles. The van der Waals surface area contributed by atoms with Gasteiger partial charge in [-0.2, -0.15) is 13.2 Å². The molecule has 0 amide bonds. The molecule has 1 aromatic rings. The molecule has 0 unspecified atom stereocenters. The van der Waals surface area contributed by atoms with Crippen LogP contribution in [0.15, 0.2) is 42.0 Å². The Morgan fingerprint density at radius 1 is 1.36 bits per heavy atom. The number of rotatable bonds is 1. The topological polar surface area (TPSA) is 26.3 Å². The first kappa shape index (κ1) is 15.0. The minimum atomic E-state index is -4.36. The van der Waals surface area contributed by atoms with Crippen molar-refractivity contribution in [1.29, 1.82) is 0 Å². The Kier molecular flexibility index (Phi) is 3.48. The highest BCUT2D eigenvalue weighted by Crippen LogP contribution is 2.42. The zero-order chi connectivity index (χ0) is 16.0. The highest BCUT2D eigenvalue weighted by atomic mass is 19.4. The molecule has 2 nitrogen and oxygen atoms in total. The molecule has 116 valence electrons. The van der Waals surface area contributed by atoms with Gasteiger partial charge in [0.15, 0.2) is 5.78 Å². The smallest absolute Gasteiger partial charge is 0.366 e. The quantitative estimate of drug-likeness (QED) is 0.783. The number of ketones is 1. The molecule has 0 saturated carbocycles. The predicted octanol–water partition coefficient (Wildman–Crippen LogP) is 4.02. The summed E-state index contributed by atoms with van der Waals surface area (Å²) in [4.78, 5) is 11.6. The van der Waals surface area contributed by atoms with Gasteiger partial charge in [-0.1, -0.05) is 18.2 Å². The van der Waals surface area contributed by atoms with Gasteiger partial charge in [0, 0.05) is 12.3 Å². The Morgan fingerprint density at radius 2 is 2.14 bits per heavy atom. The monoisotopic (exact) mass is 308 g/mol. The van der Waals surface area contributed by atoms with Gasteiger partial charge in [-0.25, -0.2) is 0 Å².